The fourth-order valence-corrected chi connectivity index (χ4v) is 3.15. The van der Waals surface area contributed by atoms with Crippen molar-refractivity contribution in [1.29, 1.82) is 0 Å². The number of rotatable bonds is 7. The number of carbonyl (C=O) groups is 1. The van der Waals surface area contributed by atoms with Crippen LogP contribution in [0.4, 0.5) is 0 Å². The normalized spacial score (nSPS) is 10.6. The Balaban J connectivity index is 1.90. The molecule has 0 fully saturated rings. The van der Waals surface area contributed by atoms with Crippen molar-refractivity contribution >= 4 is 16.8 Å². The first-order valence-electron chi connectivity index (χ1n) is 9.22. The molecule has 152 valence electrons. The molecule has 0 unspecified atom stereocenters. The first-order valence-corrected chi connectivity index (χ1v) is 9.22. The second-order valence-electron chi connectivity index (χ2n) is 6.47. The maximum Gasteiger partial charge on any atom is 0.254 e. The summed E-state index contributed by atoms with van der Waals surface area (Å²) in [6.45, 7) is 2.52. The van der Waals surface area contributed by atoms with Crippen LogP contribution < -0.4 is 19.8 Å². The van der Waals surface area contributed by atoms with E-state index in [4.69, 9.17) is 14.2 Å². The van der Waals surface area contributed by atoms with Gasteiger partial charge in [-0.25, -0.2) is 0 Å². The van der Waals surface area contributed by atoms with Crippen molar-refractivity contribution in [3.8, 4) is 17.2 Å². The van der Waals surface area contributed by atoms with Crippen LogP contribution in [0.15, 0.2) is 47.3 Å². The van der Waals surface area contributed by atoms with E-state index in [1.54, 1.807) is 49.5 Å². The fourth-order valence-electron chi connectivity index (χ4n) is 3.15. The van der Waals surface area contributed by atoms with Crippen molar-refractivity contribution in [2.45, 2.75) is 13.5 Å². The van der Waals surface area contributed by atoms with E-state index in [0.717, 1.165) is 5.39 Å². The van der Waals surface area contributed by atoms with Crippen LogP contribution in [0, 0.1) is 0 Å². The van der Waals surface area contributed by atoms with Crippen LogP contribution >= 0.6 is 0 Å². The fraction of sp³-hybridized carbons (Fsp3) is 0.273. The molecule has 7 heteroatoms. The van der Waals surface area contributed by atoms with Crippen LogP contribution in [-0.4, -0.2) is 43.7 Å². The summed E-state index contributed by atoms with van der Waals surface area (Å²) in [6, 6.07) is 12.3. The van der Waals surface area contributed by atoms with Crippen molar-refractivity contribution in [2.24, 2.45) is 0 Å². The molecule has 0 aliphatic heterocycles. The highest BCUT2D eigenvalue weighted by atomic mass is 16.5. The minimum atomic E-state index is -0.232. The third-order valence-corrected chi connectivity index (χ3v) is 4.79. The molecule has 0 aliphatic carbocycles. The first-order chi connectivity index (χ1) is 14.0. The van der Waals surface area contributed by atoms with Crippen molar-refractivity contribution in [1.82, 2.24) is 9.88 Å². The van der Waals surface area contributed by atoms with Crippen LogP contribution in [-0.2, 0) is 6.54 Å². The number of nitrogens with one attached hydrogen (secondary N) is 1. The van der Waals surface area contributed by atoms with Gasteiger partial charge in [0.1, 0.15) is 5.75 Å². The Hall–Kier alpha value is -3.48. The largest absolute Gasteiger partial charge is 0.497 e. The molecular formula is C22H24N2O5. The molecule has 3 rings (SSSR count). The Kier molecular flexibility index (Phi) is 6.07. The third-order valence-electron chi connectivity index (χ3n) is 4.79. The maximum atomic E-state index is 13.0. The number of pyridine rings is 1. The van der Waals surface area contributed by atoms with Gasteiger partial charge in [-0.15, -0.1) is 0 Å². The van der Waals surface area contributed by atoms with Gasteiger partial charge in [-0.1, -0.05) is 0 Å². The first kappa shape index (κ1) is 20.3. The van der Waals surface area contributed by atoms with Gasteiger partial charge in [-0.2, -0.15) is 0 Å². The molecule has 1 aromatic heterocycles. The highest BCUT2D eigenvalue weighted by Crippen LogP contribution is 2.28. The SMILES string of the molecule is CCN(Cc1cc2ccc(OC)cc2[nH]c1=O)C(=O)c1ccc(OC)c(OC)c1. The lowest BCUT2D eigenvalue weighted by atomic mass is 10.1. The Morgan fingerprint density at radius 1 is 0.966 bits per heavy atom. The van der Waals surface area contributed by atoms with E-state index in [-0.39, 0.29) is 18.0 Å². The van der Waals surface area contributed by atoms with E-state index in [0.29, 0.717) is 40.4 Å². The van der Waals surface area contributed by atoms with Gasteiger partial charge >= 0.3 is 0 Å². The Bertz CT molecular complexity index is 1090. The minimum absolute atomic E-state index is 0.192. The van der Waals surface area contributed by atoms with Crippen LogP contribution in [0.5, 0.6) is 17.2 Å². The van der Waals surface area contributed by atoms with E-state index in [1.165, 1.54) is 7.11 Å². The van der Waals surface area contributed by atoms with E-state index in [2.05, 4.69) is 4.98 Å². The molecule has 0 saturated carbocycles. The summed E-state index contributed by atoms with van der Waals surface area (Å²) in [7, 11) is 4.64. The molecule has 1 N–H and O–H groups in total. The number of methoxy groups -OCH3 is 3. The topological polar surface area (TPSA) is 80.9 Å². The number of nitrogens with zero attached hydrogens (tertiary/aromatic N) is 1. The zero-order valence-electron chi connectivity index (χ0n) is 16.9. The van der Waals surface area contributed by atoms with Gasteiger partial charge in [0.05, 0.1) is 33.4 Å². The van der Waals surface area contributed by atoms with Gasteiger partial charge in [0.2, 0.25) is 0 Å². The van der Waals surface area contributed by atoms with Crippen LogP contribution in [0.3, 0.4) is 0 Å². The van der Waals surface area contributed by atoms with Crippen LogP contribution in [0.25, 0.3) is 10.9 Å². The van der Waals surface area contributed by atoms with Gasteiger partial charge in [-0.05, 0) is 48.7 Å². The number of benzene rings is 2. The number of hydrogen-bond acceptors (Lipinski definition) is 5. The molecule has 3 aromatic rings. The Labute approximate surface area is 168 Å². The molecule has 29 heavy (non-hydrogen) atoms. The molecule has 1 heterocycles. The van der Waals surface area contributed by atoms with Crippen LogP contribution in [0.1, 0.15) is 22.8 Å². The van der Waals surface area contributed by atoms with Gasteiger partial charge in [0.15, 0.2) is 11.5 Å². The summed E-state index contributed by atoms with van der Waals surface area (Å²) in [6.07, 6.45) is 0. The predicted octanol–water partition coefficient (Wildman–Crippen LogP) is 3.22. The lowest BCUT2D eigenvalue weighted by Gasteiger charge is -2.21. The van der Waals surface area contributed by atoms with Crippen molar-refractivity contribution < 1.29 is 19.0 Å². The molecule has 0 bridgehead atoms. The zero-order chi connectivity index (χ0) is 21.0. The quantitative estimate of drug-likeness (QED) is 0.663. The number of hydrogen-bond donors (Lipinski definition) is 1. The average Bonchev–Trinajstić information content (AvgIpc) is 2.76. The Morgan fingerprint density at radius 2 is 1.72 bits per heavy atom. The number of fused-ring (bicyclic) bond motifs is 1. The second kappa shape index (κ2) is 8.68. The van der Waals surface area contributed by atoms with Gasteiger partial charge in [0.25, 0.3) is 11.5 Å². The summed E-state index contributed by atoms with van der Waals surface area (Å²) in [5.41, 5.74) is 1.43. The van der Waals surface area contributed by atoms with Gasteiger partial charge in [0, 0.05) is 23.7 Å². The summed E-state index contributed by atoms with van der Waals surface area (Å²) in [5.74, 6) is 1.50. The van der Waals surface area contributed by atoms with E-state index in [1.807, 2.05) is 19.1 Å². The second-order valence-corrected chi connectivity index (χ2v) is 6.47. The number of aromatic nitrogens is 1. The number of ether oxygens (including phenoxy) is 3. The highest BCUT2D eigenvalue weighted by Gasteiger charge is 2.18. The molecule has 7 nitrogen and oxygen atoms in total. The predicted molar refractivity (Wildman–Crippen MR) is 111 cm³/mol. The molecule has 0 aliphatic rings. The third kappa shape index (κ3) is 4.18. The number of aromatic amines is 1. The molecule has 0 atom stereocenters. The standard InChI is InChI=1S/C22H24N2O5/c1-5-24(22(26)15-7-9-19(28-3)20(11-15)29-4)13-16-10-14-6-8-17(27-2)12-18(14)23-21(16)25/h6-12H,5,13H2,1-4H3,(H,23,25). The summed E-state index contributed by atoms with van der Waals surface area (Å²) >= 11 is 0. The monoisotopic (exact) mass is 396 g/mol. The number of amides is 1. The molecular weight excluding hydrogens is 372 g/mol. The van der Waals surface area contributed by atoms with Crippen molar-refractivity contribution in [2.75, 3.05) is 27.9 Å². The molecule has 0 saturated heterocycles. The smallest absolute Gasteiger partial charge is 0.254 e. The van der Waals surface area contributed by atoms with E-state index in [9.17, 15) is 9.59 Å². The summed E-state index contributed by atoms with van der Waals surface area (Å²) in [5, 5.41) is 0.870. The van der Waals surface area contributed by atoms with Crippen LogP contribution in [0.2, 0.25) is 0 Å². The summed E-state index contributed by atoms with van der Waals surface area (Å²) in [4.78, 5) is 30.0. The minimum Gasteiger partial charge on any atom is -0.497 e. The maximum absolute atomic E-state index is 13.0. The molecule has 0 radical (unpaired) electrons. The van der Waals surface area contributed by atoms with Crippen molar-refractivity contribution in [3.63, 3.8) is 0 Å². The zero-order valence-corrected chi connectivity index (χ0v) is 16.9. The molecule has 0 spiro atoms. The van der Waals surface area contributed by atoms with E-state index < -0.39 is 0 Å². The van der Waals surface area contributed by atoms with Gasteiger partial charge in [-0.3, -0.25) is 9.59 Å². The Morgan fingerprint density at radius 3 is 2.38 bits per heavy atom. The van der Waals surface area contributed by atoms with E-state index >= 15 is 0 Å². The summed E-state index contributed by atoms with van der Waals surface area (Å²) < 4.78 is 15.7. The number of H-pyrrole nitrogens is 1. The molecule has 1 amide bonds. The average molecular weight is 396 g/mol. The van der Waals surface area contributed by atoms with Gasteiger partial charge < -0.3 is 24.1 Å². The number of carbonyl (C=O) groups excluding carboxylic acids is 1. The van der Waals surface area contributed by atoms with Crippen molar-refractivity contribution in [3.05, 3.63) is 63.9 Å². The lowest BCUT2D eigenvalue weighted by molar-refractivity contribution is 0.0751. The highest BCUT2D eigenvalue weighted by molar-refractivity contribution is 5.95. The lowest BCUT2D eigenvalue weighted by Crippen LogP contribution is -2.32. The molecule has 2 aromatic carbocycles.